The van der Waals surface area contributed by atoms with Crippen LogP contribution in [0.25, 0.3) is 0 Å². The number of hydrogen-bond acceptors (Lipinski definition) is 5. The molecule has 0 heterocycles. The van der Waals surface area contributed by atoms with Crippen LogP contribution in [-0.2, 0) is 4.74 Å². The standard InChI is InChI=1S/C11H17BO5/c1-3-15-6-7-16-11-5-4-10(8-9(11)2)17-12(13)14/h4-5,8,13-14H,3,6-7H2,1-2H3. The Labute approximate surface area is 101 Å². The molecular formula is C11H17BO5. The lowest BCUT2D eigenvalue weighted by Gasteiger charge is -2.11. The molecule has 0 saturated carbocycles. The van der Waals surface area contributed by atoms with Crippen LogP contribution < -0.4 is 9.39 Å². The topological polar surface area (TPSA) is 68.2 Å². The van der Waals surface area contributed by atoms with Crippen molar-refractivity contribution in [2.75, 3.05) is 19.8 Å². The molecule has 0 atom stereocenters. The Kier molecular flexibility index (Phi) is 5.83. The number of hydrogen-bond donors (Lipinski definition) is 2. The third-order valence-corrected chi connectivity index (χ3v) is 2.08. The smallest absolute Gasteiger partial charge is 0.512 e. The highest BCUT2D eigenvalue weighted by atomic mass is 16.6. The Balaban J connectivity index is 2.51. The normalized spacial score (nSPS) is 10.1. The minimum atomic E-state index is -1.81. The van der Waals surface area contributed by atoms with Crippen LogP contribution >= 0.6 is 0 Å². The molecule has 0 radical (unpaired) electrons. The molecule has 0 fully saturated rings. The molecule has 0 aliphatic heterocycles. The number of rotatable bonds is 7. The maximum Gasteiger partial charge on any atom is 0.707 e. The second-order valence-corrected chi connectivity index (χ2v) is 3.42. The van der Waals surface area contributed by atoms with Crippen LogP contribution in [-0.4, -0.2) is 37.2 Å². The molecule has 0 unspecified atom stereocenters. The van der Waals surface area contributed by atoms with Crippen molar-refractivity contribution >= 4 is 7.32 Å². The zero-order chi connectivity index (χ0) is 12.7. The second-order valence-electron chi connectivity index (χ2n) is 3.42. The highest BCUT2D eigenvalue weighted by Gasteiger charge is 2.11. The monoisotopic (exact) mass is 240 g/mol. The number of ether oxygens (including phenoxy) is 2. The summed E-state index contributed by atoms with van der Waals surface area (Å²) >= 11 is 0. The van der Waals surface area contributed by atoms with Gasteiger partial charge in [-0.3, -0.25) is 0 Å². The van der Waals surface area contributed by atoms with E-state index in [0.717, 1.165) is 11.3 Å². The van der Waals surface area contributed by atoms with E-state index < -0.39 is 7.32 Å². The average molecular weight is 240 g/mol. The van der Waals surface area contributed by atoms with E-state index in [1.807, 2.05) is 13.8 Å². The summed E-state index contributed by atoms with van der Waals surface area (Å²) in [5.74, 6) is 1.11. The molecule has 2 N–H and O–H groups in total. The molecule has 0 bridgehead atoms. The summed E-state index contributed by atoms with van der Waals surface area (Å²) in [5.41, 5.74) is 0.861. The van der Waals surface area contributed by atoms with Crippen molar-refractivity contribution in [1.29, 1.82) is 0 Å². The van der Waals surface area contributed by atoms with Gasteiger partial charge < -0.3 is 24.2 Å². The third-order valence-electron chi connectivity index (χ3n) is 2.08. The van der Waals surface area contributed by atoms with E-state index >= 15 is 0 Å². The van der Waals surface area contributed by atoms with Gasteiger partial charge in [0, 0.05) is 6.61 Å². The molecular weight excluding hydrogens is 223 g/mol. The van der Waals surface area contributed by atoms with Gasteiger partial charge in [0.05, 0.1) is 6.61 Å². The summed E-state index contributed by atoms with van der Waals surface area (Å²) in [6, 6.07) is 5.01. The quantitative estimate of drug-likeness (QED) is 0.544. The van der Waals surface area contributed by atoms with Crippen molar-refractivity contribution in [2.45, 2.75) is 13.8 Å². The van der Waals surface area contributed by atoms with Crippen molar-refractivity contribution in [3.05, 3.63) is 23.8 Å². The van der Waals surface area contributed by atoms with E-state index in [9.17, 15) is 0 Å². The van der Waals surface area contributed by atoms with E-state index in [-0.39, 0.29) is 0 Å². The van der Waals surface area contributed by atoms with E-state index in [1.165, 1.54) is 0 Å². The molecule has 0 aromatic heterocycles. The van der Waals surface area contributed by atoms with Crippen molar-refractivity contribution < 1.29 is 24.2 Å². The molecule has 0 spiro atoms. The van der Waals surface area contributed by atoms with Crippen LogP contribution in [0.3, 0.4) is 0 Å². The van der Waals surface area contributed by atoms with Gasteiger partial charge in [0.15, 0.2) is 0 Å². The van der Waals surface area contributed by atoms with E-state index in [0.29, 0.717) is 25.6 Å². The van der Waals surface area contributed by atoms with Gasteiger partial charge in [-0.1, -0.05) is 0 Å². The lowest BCUT2D eigenvalue weighted by atomic mass is 10.2. The first-order chi connectivity index (χ1) is 8.13. The highest BCUT2D eigenvalue weighted by Crippen LogP contribution is 2.23. The molecule has 94 valence electrons. The third kappa shape index (κ3) is 5.08. The van der Waals surface area contributed by atoms with Gasteiger partial charge in [0.1, 0.15) is 18.1 Å². The summed E-state index contributed by atoms with van der Waals surface area (Å²) in [6.45, 7) is 5.48. The fourth-order valence-corrected chi connectivity index (χ4v) is 1.33. The number of aryl methyl sites for hydroxylation is 1. The lowest BCUT2D eigenvalue weighted by Crippen LogP contribution is -2.20. The maximum atomic E-state index is 8.65. The maximum absolute atomic E-state index is 8.65. The highest BCUT2D eigenvalue weighted by molar-refractivity contribution is 6.33. The van der Waals surface area contributed by atoms with E-state index in [1.54, 1.807) is 18.2 Å². The first-order valence-corrected chi connectivity index (χ1v) is 5.47. The van der Waals surface area contributed by atoms with Gasteiger partial charge in [-0.25, -0.2) is 0 Å². The van der Waals surface area contributed by atoms with Gasteiger partial charge in [0.25, 0.3) is 0 Å². The Bertz CT molecular complexity index is 343. The molecule has 1 aromatic carbocycles. The predicted molar refractivity (Wildman–Crippen MR) is 64.0 cm³/mol. The van der Waals surface area contributed by atoms with Crippen LogP contribution in [0.1, 0.15) is 12.5 Å². The zero-order valence-corrected chi connectivity index (χ0v) is 10.0. The first kappa shape index (κ1) is 13.8. The van der Waals surface area contributed by atoms with Crippen LogP contribution in [0.5, 0.6) is 11.5 Å². The van der Waals surface area contributed by atoms with Gasteiger partial charge in [-0.15, -0.1) is 0 Å². The second kappa shape index (κ2) is 7.16. The van der Waals surface area contributed by atoms with Crippen molar-refractivity contribution in [2.24, 2.45) is 0 Å². The minimum Gasteiger partial charge on any atom is -0.512 e. The van der Waals surface area contributed by atoms with Gasteiger partial charge in [-0.05, 0) is 37.6 Å². The fourth-order valence-electron chi connectivity index (χ4n) is 1.33. The van der Waals surface area contributed by atoms with Crippen molar-refractivity contribution in [1.82, 2.24) is 0 Å². The molecule has 0 saturated heterocycles. The fraction of sp³-hybridized carbons (Fsp3) is 0.455. The largest absolute Gasteiger partial charge is 0.707 e. The summed E-state index contributed by atoms with van der Waals surface area (Å²) in [7, 11) is -1.81. The SMILES string of the molecule is CCOCCOc1ccc(OB(O)O)cc1C. The first-order valence-electron chi connectivity index (χ1n) is 5.47. The van der Waals surface area contributed by atoms with Crippen LogP contribution in [0.15, 0.2) is 18.2 Å². The van der Waals surface area contributed by atoms with E-state index in [4.69, 9.17) is 24.2 Å². The molecule has 0 aliphatic carbocycles. The Morgan fingerprint density at radius 1 is 1.24 bits per heavy atom. The molecule has 1 rings (SSSR count). The number of benzene rings is 1. The molecule has 5 nitrogen and oxygen atoms in total. The zero-order valence-electron chi connectivity index (χ0n) is 10.0. The molecule has 6 heteroatoms. The summed E-state index contributed by atoms with van der Waals surface area (Å²) in [6.07, 6.45) is 0. The summed E-state index contributed by atoms with van der Waals surface area (Å²) < 4.78 is 15.4. The van der Waals surface area contributed by atoms with Gasteiger partial charge >= 0.3 is 7.32 Å². The molecule has 0 aliphatic rings. The van der Waals surface area contributed by atoms with Crippen LogP contribution in [0.2, 0.25) is 0 Å². The predicted octanol–water partition coefficient (Wildman–Crippen LogP) is 0.759. The van der Waals surface area contributed by atoms with Crippen molar-refractivity contribution in [3.8, 4) is 11.5 Å². The summed E-state index contributed by atoms with van der Waals surface area (Å²) in [4.78, 5) is 0. The molecule has 0 amide bonds. The summed E-state index contributed by atoms with van der Waals surface area (Å²) in [5, 5.41) is 17.3. The Morgan fingerprint density at radius 3 is 2.59 bits per heavy atom. The average Bonchev–Trinajstić information content (AvgIpc) is 2.26. The van der Waals surface area contributed by atoms with Crippen LogP contribution in [0.4, 0.5) is 0 Å². The molecule has 17 heavy (non-hydrogen) atoms. The Morgan fingerprint density at radius 2 is 2.00 bits per heavy atom. The molecule has 1 aromatic rings. The van der Waals surface area contributed by atoms with E-state index in [2.05, 4.69) is 0 Å². The lowest BCUT2D eigenvalue weighted by molar-refractivity contribution is 0.110. The minimum absolute atomic E-state index is 0.384. The van der Waals surface area contributed by atoms with Gasteiger partial charge in [-0.2, -0.15) is 0 Å². The van der Waals surface area contributed by atoms with Gasteiger partial charge in [0.2, 0.25) is 0 Å². The van der Waals surface area contributed by atoms with Crippen molar-refractivity contribution in [3.63, 3.8) is 0 Å². The Hall–Kier alpha value is -1.24. The van der Waals surface area contributed by atoms with Crippen LogP contribution in [0, 0.1) is 6.92 Å².